The predicted octanol–water partition coefficient (Wildman–Crippen LogP) is 1.21. The van der Waals surface area contributed by atoms with Gasteiger partial charge in [-0.2, -0.15) is 0 Å². The Hall–Kier alpha value is -0.120. The molecule has 0 spiro atoms. The normalized spacial score (nSPS) is 32.6. The first-order chi connectivity index (χ1) is 6.94. The molecule has 0 amide bonds. The van der Waals surface area contributed by atoms with Gasteiger partial charge in [0.25, 0.3) is 0 Å². The standard InChI is InChI=1S/C12H26N2O/c1-10-4-6-14(11(2)8-10)7-5-12(3,15)9-13/h10-11,15H,4-9,13H2,1-3H3. The Morgan fingerprint density at radius 2 is 2.13 bits per heavy atom. The Morgan fingerprint density at radius 1 is 1.47 bits per heavy atom. The molecule has 0 aromatic carbocycles. The van der Waals surface area contributed by atoms with E-state index in [0.717, 1.165) is 18.9 Å². The number of nitrogens with two attached hydrogens (primary N) is 1. The van der Waals surface area contributed by atoms with Crippen LogP contribution in [0.4, 0.5) is 0 Å². The second-order valence-electron chi connectivity index (χ2n) is 5.47. The summed E-state index contributed by atoms with van der Waals surface area (Å²) < 4.78 is 0. The zero-order valence-corrected chi connectivity index (χ0v) is 10.4. The van der Waals surface area contributed by atoms with E-state index in [2.05, 4.69) is 18.7 Å². The summed E-state index contributed by atoms with van der Waals surface area (Å²) in [6, 6.07) is 0.655. The highest BCUT2D eigenvalue weighted by molar-refractivity contribution is 4.80. The number of hydrogen-bond acceptors (Lipinski definition) is 3. The van der Waals surface area contributed by atoms with Crippen molar-refractivity contribution in [3.63, 3.8) is 0 Å². The first-order valence-electron chi connectivity index (χ1n) is 6.11. The van der Waals surface area contributed by atoms with Crippen molar-refractivity contribution in [1.29, 1.82) is 0 Å². The molecule has 3 N–H and O–H groups in total. The van der Waals surface area contributed by atoms with E-state index < -0.39 is 5.60 Å². The molecule has 90 valence electrons. The van der Waals surface area contributed by atoms with Gasteiger partial charge in [-0.1, -0.05) is 6.92 Å². The molecule has 1 heterocycles. The van der Waals surface area contributed by atoms with Crippen LogP contribution in [0.5, 0.6) is 0 Å². The molecule has 1 saturated heterocycles. The molecule has 1 fully saturated rings. The third-order valence-electron chi connectivity index (χ3n) is 3.65. The Labute approximate surface area is 93.6 Å². The summed E-state index contributed by atoms with van der Waals surface area (Å²) in [5.74, 6) is 0.853. The zero-order chi connectivity index (χ0) is 11.5. The van der Waals surface area contributed by atoms with E-state index >= 15 is 0 Å². The largest absolute Gasteiger partial charge is 0.389 e. The highest BCUT2D eigenvalue weighted by atomic mass is 16.3. The maximum atomic E-state index is 9.84. The summed E-state index contributed by atoms with van der Waals surface area (Å²) in [7, 11) is 0. The fourth-order valence-electron chi connectivity index (χ4n) is 2.27. The van der Waals surface area contributed by atoms with Crippen molar-refractivity contribution >= 4 is 0 Å². The fourth-order valence-corrected chi connectivity index (χ4v) is 2.27. The van der Waals surface area contributed by atoms with Crippen LogP contribution in [0.3, 0.4) is 0 Å². The summed E-state index contributed by atoms with van der Waals surface area (Å²) in [6.45, 7) is 8.92. The van der Waals surface area contributed by atoms with Gasteiger partial charge in [0.1, 0.15) is 0 Å². The van der Waals surface area contributed by atoms with Crippen LogP contribution in [0.2, 0.25) is 0 Å². The molecule has 1 rings (SSSR count). The minimum atomic E-state index is -0.692. The molecule has 0 bridgehead atoms. The molecule has 0 radical (unpaired) electrons. The van der Waals surface area contributed by atoms with E-state index in [1.54, 1.807) is 0 Å². The quantitative estimate of drug-likeness (QED) is 0.739. The van der Waals surface area contributed by atoms with Crippen LogP contribution in [0.1, 0.15) is 40.0 Å². The van der Waals surface area contributed by atoms with Crippen molar-refractivity contribution in [1.82, 2.24) is 4.90 Å². The van der Waals surface area contributed by atoms with Crippen LogP contribution in [-0.4, -0.2) is 41.3 Å². The maximum absolute atomic E-state index is 9.84. The first-order valence-corrected chi connectivity index (χ1v) is 6.11. The van der Waals surface area contributed by atoms with E-state index in [1.807, 2.05) is 6.92 Å². The van der Waals surface area contributed by atoms with E-state index in [-0.39, 0.29) is 0 Å². The van der Waals surface area contributed by atoms with Gasteiger partial charge in [-0.05, 0) is 45.6 Å². The SMILES string of the molecule is CC1CCN(CCC(C)(O)CN)C(C)C1. The van der Waals surface area contributed by atoms with Crippen molar-refractivity contribution < 1.29 is 5.11 Å². The van der Waals surface area contributed by atoms with Crippen LogP contribution in [0, 0.1) is 5.92 Å². The van der Waals surface area contributed by atoms with E-state index in [0.29, 0.717) is 12.6 Å². The smallest absolute Gasteiger partial charge is 0.0753 e. The number of likely N-dealkylation sites (tertiary alicyclic amines) is 1. The molecular formula is C12H26N2O. The monoisotopic (exact) mass is 214 g/mol. The second-order valence-corrected chi connectivity index (χ2v) is 5.47. The van der Waals surface area contributed by atoms with E-state index in [9.17, 15) is 5.11 Å². The van der Waals surface area contributed by atoms with Crippen molar-refractivity contribution in [2.75, 3.05) is 19.6 Å². The molecule has 3 atom stereocenters. The summed E-state index contributed by atoms with van der Waals surface area (Å²) in [5.41, 5.74) is 4.82. The molecule has 1 aliphatic heterocycles. The van der Waals surface area contributed by atoms with Gasteiger partial charge in [0.2, 0.25) is 0 Å². The van der Waals surface area contributed by atoms with Crippen molar-refractivity contribution in [3.8, 4) is 0 Å². The summed E-state index contributed by atoms with van der Waals surface area (Å²) in [5, 5.41) is 9.84. The van der Waals surface area contributed by atoms with Crippen molar-refractivity contribution in [2.45, 2.75) is 51.7 Å². The molecular weight excluding hydrogens is 188 g/mol. The van der Waals surface area contributed by atoms with Crippen LogP contribution in [-0.2, 0) is 0 Å². The molecule has 1 aliphatic rings. The topological polar surface area (TPSA) is 49.5 Å². The average Bonchev–Trinajstić information content (AvgIpc) is 2.16. The Balaban J connectivity index is 2.33. The van der Waals surface area contributed by atoms with Crippen molar-refractivity contribution in [3.05, 3.63) is 0 Å². The number of piperidine rings is 1. The molecule has 3 heteroatoms. The van der Waals surface area contributed by atoms with Gasteiger partial charge in [-0.25, -0.2) is 0 Å². The third-order valence-corrected chi connectivity index (χ3v) is 3.65. The number of nitrogens with zero attached hydrogens (tertiary/aromatic N) is 1. The van der Waals surface area contributed by atoms with Crippen LogP contribution in [0.15, 0.2) is 0 Å². The molecule has 0 aromatic heterocycles. The van der Waals surface area contributed by atoms with Gasteiger partial charge >= 0.3 is 0 Å². The van der Waals surface area contributed by atoms with Gasteiger partial charge in [0, 0.05) is 19.1 Å². The van der Waals surface area contributed by atoms with Gasteiger partial charge in [0.15, 0.2) is 0 Å². The second kappa shape index (κ2) is 5.28. The molecule has 0 aromatic rings. The lowest BCUT2D eigenvalue weighted by atomic mass is 9.92. The number of aliphatic hydroxyl groups is 1. The minimum absolute atomic E-state index is 0.353. The van der Waals surface area contributed by atoms with E-state index in [1.165, 1.54) is 19.4 Å². The Kier molecular flexibility index (Phi) is 4.56. The molecule has 15 heavy (non-hydrogen) atoms. The van der Waals surface area contributed by atoms with Gasteiger partial charge in [-0.3, -0.25) is 0 Å². The average molecular weight is 214 g/mol. The molecule has 0 saturated carbocycles. The van der Waals surface area contributed by atoms with Crippen LogP contribution in [0.25, 0.3) is 0 Å². The number of rotatable bonds is 4. The van der Waals surface area contributed by atoms with Gasteiger partial charge in [0.05, 0.1) is 5.60 Å². The zero-order valence-electron chi connectivity index (χ0n) is 10.4. The highest BCUT2D eigenvalue weighted by Crippen LogP contribution is 2.23. The Bertz CT molecular complexity index is 194. The first kappa shape index (κ1) is 12.9. The highest BCUT2D eigenvalue weighted by Gasteiger charge is 2.25. The molecule has 3 unspecified atom stereocenters. The number of hydrogen-bond donors (Lipinski definition) is 2. The summed E-state index contributed by atoms with van der Waals surface area (Å²) in [6.07, 6.45) is 3.35. The molecule has 3 nitrogen and oxygen atoms in total. The lowest BCUT2D eigenvalue weighted by Crippen LogP contribution is -2.44. The fraction of sp³-hybridized carbons (Fsp3) is 1.00. The summed E-state index contributed by atoms with van der Waals surface area (Å²) in [4.78, 5) is 2.48. The molecule has 0 aliphatic carbocycles. The lowest BCUT2D eigenvalue weighted by molar-refractivity contribution is 0.0338. The maximum Gasteiger partial charge on any atom is 0.0753 e. The summed E-state index contributed by atoms with van der Waals surface area (Å²) >= 11 is 0. The van der Waals surface area contributed by atoms with Crippen molar-refractivity contribution in [2.24, 2.45) is 11.7 Å². The van der Waals surface area contributed by atoms with Crippen LogP contribution < -0.4 is 5.73 Å². The van der Waals surface area contributed by atoms with Gasteiger partial charge < -0.3 is 15.7 Å². The lowest BCUT2D eigenvalue weighted by Gasteiger charge is -2.37. The predicted molar refractivity (Wildman–Crippen MR) is 63.7 cm³/mol. The van der Waals surface area contributed by atoms with E-state index in [4.69, 9.17) is 5.73 Å². The Morgan fingerprint density at radius 3 is 2.67 bits per heavy atom. The third kappa shape index (κ3) is 4.09. The van der Waals surface area contributed by atoms with Gasteiger partial charge in [-0.15, -0.1) is 0 Å². The van der Waals surface area contributed by atoms with Crippen LogP contribution >= 0.6 is 0 Å². The minimum Gasteiger partial charge on any atom is -0.389 e.